The van der Waals surface area contributed by atoms with Crippen molar-refractivity contribution >= 4 is 29.1 Å². The van der Waals surface area contributed by atoms with Crippen LogP contribution in [-0.4, -0.2) is 16.5 Å². The highest BCUT2D eigenvalue weighted by molar-refractivity contribution is 6.31. The highest BCUT2D eigenvalue weighted by Gasteiger charge is 2.33. The second-order valence-corrected chi connectivity index (χ2v) is 4.99. The first-order valence-corrected chi connectivity index (χ1v) is 6.90. The zero-order valence-electron chi connectivity index (χ0n) is 11.9. The summed E-state index contributed by atoms with van der Waals surface area (Å²) in [6.45, 7) is 4.00. The van der Waals surface area contributed by atoms with E-state index in [0.717, 1.165) is 11.6 Å². The van der Waals surface area contributed by atoms with Gasteiger partial charge in [-0.25, -0.2) is 4.98 Å². The molecule has 2 N–H and O–H groups in total. The Morgan fingerprint density at radius 2 is 1.91 bits per heavy atom. The third-order valence-electron chi connectivity index (χ3n) is 2.80. The monoisotopic (exact) mass is 330 g/mol. The van der Waals surface area contributed by atoms with Crippen LogP contribution < -0.4 is 10.6 Å². The van der Waals surface area contributed by atoms with Gasteiger partial charge in [0.1, 0.15) is 5.82 Å². The second kappa shape index (κ2) is 6.39. The molecule has 0 saturated carbocycles. The summed E-state index contributed by atoms with van der Waals surface area (Å²) in [7, 11) is 0. The summed E-state index contributed by atoms with van der Waals surface area (Å²) in [6, 6.07) is 5.96. The van der Waals surface area contributed by atoms with Crippen molar-refractivity contribution in [2.75, 3.05) is 17.2 Å². The van der Waals surface area contributed by atoms with Crippen LogP contribution in [0, 0.1) is 6.92 Å². The molecule has 4 nitrogen and oxygen atoms in total. The fourth-order valence-corrected chi connectivity index (χ4v) is 1.89. The lowest BCUT2D eigenvalue weighted by atomic mass is 10.2. The van der Waals surface area contributed by atoms with E-state index in [4.69, 9.17) is 11.6 Å². The first-order chi connectivity index (χ1) is 10.3. The van der Waals surface area contributed by atoms with Crippen LogP contribution in [0.4, 0.5) is 30.6 Å². The van der Waals surface area contributed by atoms with E-state index in [1.54, 1.807) is 25.1 Å². The van der Waals surface area contributed by atoms with Crippen LogP contribution in [0.3, 0.4) is 0 Å². The molecule has 0 spiro atoms. The largest absolute Gasteiger partial charge is 0.433 e. The van der Waals surface area contributed by atoms with Gasteiger partial charge in [0.2, 0.25) is 5.95 Å². The van der Waals surface area contributed by atoms with E-state index in [1.807, 2.05) is 6.92 Å². The summed E-state index contributed by atoms with van der Waals surface area (Å²) in [5, 5.41) is 6.00. The first kappa shape index (κ1) is 16.4. The smallest absolute Gasteiger partial charge is 0.354 e. The Morgan fingerprint density at radius 1 is 1.18 bits per heavy atom. The molecule has 0 radical (unpaired) electrons. The van der Waals surface area contributed by atoms with Crippen molar-refractivity contribution in [1.82, 2.24) is 9.97 Å². The minimum absolute atomic E-state index is 0.0400. The number of hydrogen-bond donors (Lipinski definition) is 2. The molecule has 118 valence electrons. The molecule has 1 heterocycles. The van der Waals surface area contributed by atoms with E-state index < -0.39 is 11.9 Å². The Morgan fingerprint density at radius 3 is 2.50 bits per heavy atom. The van der Waals surface area contributed by atoms with Crippen LogP contribution in [0.25, 0.3) is 0 Å². The van der Waals surface area contributed by atoms with Crippen LogP contribution in [0.1, 0.15) is 18.2 Å². The van der Waals surface area contributed by atoms with Crippen molar-refractivity contribution < 1.29 is 13.2 Å². The van der Waals surface area contributed by atoms with Gasteiger partial charge >= 0.3 is 6.18 Å². The molecule has 0 aliphatic carbocycles. The maximum atomic E-state index is 12.9. The topological polar surface area (TPSA) is 49.8 Å². The predicted octanol–water partition coefficient (Wildman–Crippen LogP) is 4.63. The molecule has 0 aliphatic heterocycles. The van der Waals surface area contributed by atoms with Gasteiger partial charge in [0.05, 0.1) is 0 Å². The molecule has 0 aliphatic rings. The van der Waals surface area contributed by atoms with Gasteiger partial charge in [-0.1, -0.05) is 17.7 Å². The predicted molar refractivity (Wildman–Crippen MR) is 80.7 cm³/mol. The van der Waals surface area contributed by atoms with Crippen molar-refractivity contribution in [2.45, 2.75) is 20.0 Å². The lowest BCUT2D eigenvalue weighted by Crippen LogP contribution is -2.13. The van der Waals surface area contributed by atoms with E-state index in [-0.39, 0.29) is 11.8 Å². The van der Waals surface area contributed by atoms with Crippen LogP contribution in [0.15, 0.2) is 24.3 Å². The third kappa shape index (κ3) is 4.00. The van der Waals surface area contributed by atoms with E-state index in [9.17, 15) is 13.2 Å². The van der Waals surface area contributed by atoms with Crippen molar-refractivity contribution in [3.05, 3.63) is 40.5 Å². The Kier molecular flexibility index (Phi) is 4.75. The lowest BCUT2D eigenvalue weighted by molar-refractivity contribution is -0.141. The number of nitrogens with one attached hydrogen (secondary N) is 2. The summed E-state index contributed by atoms with van der Waals surface area (Å²) in [5.41, 5.74) is 0.406. The average Bonchev–Trinajstić information content (AvgIpc) is 2.42. The molecule has 1 aromatic carbocycles. The van der Waals surface area contributed by atoms with E-state index in [0.29, 0.717) is 17.3 Å². The van der Waals surface area contributed by atoms with E-state index in [1.165, 1.54) is 0 Å². The minimum atomic E-state index is -4.55. The molecule has 0 amide bonds. The summed E-state index contributed by atoms with van der Waals surface area (Å²) in [4.78, 5) is 7.46. The van der Waals surface area contributed by atoms with Gasteiger partial charge < -0.3 is 10.6 Å². The molecular weight excluding hydrogens is 317 g/mol. The summed E-state index contributed by atoms with van der Waals surface area (Å²) < 4.78 is 38.6. The van der Waals surface area contributed by atoms with Crippen LogP contribution in [-0.2, 0) is 6.18 Å². The second-order valence-electron chi connectivity index (χ2n) is 4.58. The van der Waals surface area contributed by atoms with Gasteiger partial charge in [-0.05, 0) is 31.5 Å². The molecular formula is C14H14ClF3N4. The van der Waals surface area contributed by atoms with Crippen LogP contribution >= 0.6 is 11.6 Å². The van der Waals surface area contributed by atoms with Crippen LogP contribution in [0.2, 0.25) is 5.02 Å². The lowest BCUT2D eigenvalue weighted by Gasteiger charge is -2.12. The minimum Gasteiger partial charge on any atom is -0.354 e. The molecule has 22 heavy (non-hydrogen) atoms. The first-order valence-electron chi connectivity index (χ1n) is 6.53. The normalized spacial score (nSPS) is 11.4. The fraction of sp³-hybridized carbons (Fsp3) is 0.286. The summed E-state index contributed by atoms with van der Waals surface area (Å²) in [5.74, 6) is -0.0452. The highest BCUT2D eigenvalue weighted by Crippen LogP contribution is 2.31. The number of rotatable bonds is 4. The number of aromatic nitrogens is 2. The Hall–Kier alpha value is -2.02. The number of alkyl halides is 3. The number of benzene rings is 1. The highest BCUT2D eigenvalue weighted by atomic mass is 35.5. The molecule has 2 rings (SSSR count). The van der Waals surface area contributed by atoms with Gasteiger partial charge in [-0.3, -0.25) is 0 Å². The van der Waals surface area contributed by atoms with E-state index in [2.05, 4.69) is 20.6 Å². The zero-order chi connectivity index (χ0) is 16.3. The molecule has 0 saturated heterocycles. The standard InChI is InChI=1S/C14H14ClF3N4/c1-3-19-13-21-11(14(16,17)18)7-12(22-13)20-9-5-4-8(2)10(15)6-9/h4-7H,3H2,1-2H3,(H2,19,20,21,22). The van der Waals surface area contributed by atoms with Gasteiger partial charge in [-0.2, -0.15) is 18.2 Å². The number of anilines is 3. The maximum absolute atomic E-state index is 12.9. The number of nitrogens with zero attached hydrogens (tertiary/aromatic N) is 2. The SMILES string of the molecule is CCNc1nc(Nc2ccc(C)c(Cl)c2)cc(C(F)(F)F)n1. The fourth-order valence-electron chi connectivity index (χ4n) is 1.71. The number of halogens is 4. The van der Waals surface area contributed by atoms with Gasteiger partial charge in [-0.15, -0.1) is 0 Å². The van der Waals surface area contributed by atoms with Gasteiger partial charge in [0.25, 0.3) is 0 Å². The van der Waals surface area contributed by atoms with E-state index >= 15 is 0 Å². The van der Waals surface area contributed by atoms with Crippen molar-refractivity contribution in [1.29, 1.82) is 0 Å². The molecule has 0 atom stereocenters. The van der Waals surface area contributed by atoms with Gasteiger partial charge in [0, 0.05) is 23.3 Å². The third-order valence-corrected chi connectivity index (χ3v) is 3.20. The molecule has 0 bridgehead atoms. The summed E-state index contributed by atoms with van der Waals surface area (Å²) >= 11 is 6.00. The molecule has 0 unspecified atom stereocenters. The number of hydrogen-bond acceptors (Lipinski definition) is 4. The zero-order valence-corrected chi connectivity index (χ0v) is 12.7. The van der Waals surface area contributed by atoms with Crippen molar-refractivity contribution in [2.24, 2.45) is 0 Å². The Balaban J connectivity index is 2.36. The number of aryl methyl sites for hydroxylation is 1. The Bertz CT molecular complexity index is 674. The van der Waals surface area contributed by atoms with Crippen molar-refractivity contribution in [3.8, 4) is 0 Å². The average molecular weight is 331 g/mol. The van der Waals surface area contributed by atoms with Gasteiger partial charge in [0.15, 0.2) is 5.69 Å². The van der Waals surface area contributed by atoms with Crippen LogP contribution in [0.5, 0.6) is 0 Å². The maximum Gasteiger partial charge on any atom is 0.433 e. The molecule has 8 heteroatoms. The Labute approximate surface area is 130 Å². The quantitative estimate of drug-likeness (QED) is 0.858. The summed E-state index contributed by atoms with van der Waals surface area (Å²) in [6.07, 6.45) is -4.55. The molecule has 2 aromatic rings. The van der Waals surface area contributed by atoms with Crippen molar-refractivity contribution in [3.63, 3.8) is 0 Å². The molecule has 0 fully saturated rings. The molecule has 1 aromatic heterocycles.